The van der Waals surface area contributed by atoms with Crippen LogP contribution in [-0.2, 0) is 11.3 Å². The number of halogens is 3. The van der Waals surface area contributed by atoms with Crippen molar-refractivity contribution < 1.29 is 14.0 Å². The Labute approximate surface area is 202 Å². The van der Waals surface area contributed by atoms with Crippen LogP contribution in [0.1, 0.15) is 44.4 Å². The zero-order valence-electron chi connectivity index (χ0n) is 18.8. The summed E-state index contributed by atoms with van der Waals surface area (Å²) in [6.07, 6.45) is 3.52. The van der Waals surface area contributed by atoms with Crippen LogP contribution in [0.3, 0.4) is 0 Å². The normalized spacial score (nSPS) is 18.5. The van der Waals surface area contributed by atoms with Gasteiger partial charge in [-0.1, -0.05) is 35.3 Å². The molecule has 2 aliphatic rings. The van der Waals surface area contributed by atoms with E-state index in [1.165, 1.54) is 12.1 Å². The van der Waals surface area contributed by atoms with Gasteiger partial charge in [0.05, 0.1) is 12.1 Å². The molecule has 0 unspecified atom stereocenters. The van der Waals surface area contributed by atoms with Crippen molar-refractivity contribution in [3.05, 3.63) is 74.7 Å². The molecule has 2 aromatic rings. The van der Waals surface area contributed by atoms with Crippen molar-refractivity contribution in [3.63, 3.8) is 0 Å². The molecule has 1 fully saturated rings. The van der Waals surface area contributed by atoms with E-state index in [0.717, 1.165) is 28.3 Å². The van der Waals surface area contributed by atoms with Crippen LogP contribution in [0.4, 0.5) is 14.9 Å². The van der Waals surface area contributed by atoms with Crippen molar-refractivity contribution in [2.45, 2.75) is 39.8 Å². The standard InChI is InChI=1S/C25H24Cl2FN3O2/c1-5-31-22-11-20(28)16(8-18(22)14(2)12-25(31,3)4)9-21-23(32)30(24(33)29-21)13-15-6-7-17(26)10-19(15)27/h6-12H,5,13H2,1-4H3,(H,29,33)/b21-9+. The van der Waals surface area contributed by atoms with Crippen molar-refractivity contribution >= 4 is 52.5 Å². The van der Waals surface area contributed by atoms with E-state index in [9.17, 15) is 9.59 Å². The molecule has 4 rings (SSSR count). The second-order valence-corrected chi connectivity index (χ2v) is 9.57. The lowest BCUT2D eigenvalue weighted by Gasteiger charge is -2.42. The number of likely N-dealkylation sites (N-methyl/N-ethyl adjacent to an activating group) is 1. The molecule has 0 aromatic heterocycles. The molecule has 0 spiro atoms. The SMILES string of the molecule is CCN1c2cc(F)c(/C=C3/NC(=O)N(Cc4ccc(Cl)cc4Cl)C3=O)cc2C(C)=CC1(C)C. The highest BCUT2D eigenvalue weighted by Gasteiger charge is 2.35. The Morgan fingerprint density at radius 1 is 1.15 bits per heavy atom. The smallest absolute Gasteiger partial charge is 0.329 e. The van der Waals surface area contributed by atoms with Gasteiger partial charge >= 0.3 is 6.03 Å². The molecule has 2 heterocycles. The molecule has 172 valence electrons. The summed E-state index contributed by atoms with van der Waals surface area (Å²) in [5, 5.41) is 3.35. The summed E-state index contributed by atoms with van der Waals surface area (Å²) >= 11 is 12.1. The van der Waals surface area contributed by atoms with E-state index in [-0.39, 0.29) is 23.3 Å². The lowest BCUT2D eigenvalue weighted by molar-refractivity contribution is -0.123. The quantitative estimate of drug-likeness (QED) is 0.409. The third-order valence-electron chi connectivity index (χ3n) is 6.02. The highest BCUT2D eigenvalue weighted by Crippen LogP contribution is 2.40. The van der Waals surface area contributed by atoms with Crippen LogP contribution in [0.15, 0.2) is 42.1 Å². The Bertz CT molecular complexity index is 1240. The van der Waals surface area contributed by atoms with Crippen LogP contribution in [0.5, 0.6) is 0 Å². The molecule has 1 saturated heterocycles. The van der Waals surface area contributed by atoms with Gasteiger partial charge in [0.2, 0.25) is 0 Å². The lowest BCUT2D eigenvalue weighted by Crippen LogP contribution is -2.45. The Kier molecular flexibility index (Phi) is 6.01. The highest BCUT2D eigenvalue weighted by atomic mass is 35.5. The van der Waals surface area contributed by atoms with Gasteiger partial charge in [-0.3, -0.25) is 9.69 Å². The monoisotopic (exact) mass is 487 g/mol. The highest BCUT2D eigenvalue weighted by molar-refractivity contribution is 6.35. The van der Waals surface area contributed by atoms with Gasteiger partial charge in [0.15, 0.2) is 0 Å². The third kappa shape index (κ3) is 4.25. The number of nitrogens with one attached hydrogen (secondary N) is 1. The van der Waals surface area contributed by atoms with E-state index in [2.05, 4.69) is 30.1 Å². The van der Waals surface area contributed by atoms with E-state index < -0.39 is 17.8 Å². The third-order valence-corrected chi connectivity index (χ3v) is 6.60. The molecule has 1 N–H and O–H groups in total. The summed E-state index contributed by atoms with van der Waals surface area (Å²) in [7, 11) is 0. The van der Waals surface area contributed by atoms with E-state index in [1.54, 1.807) is 24.3 Å². The first-order valence-electron chi connectivity index (χ1n) is 10.6. The van der Waals surface area contributed by atoms with Crippen molar-refractivity contribution in [1.29, 1.82) is 0 Å². The zero-order valence-corrected chi connectivity index (χ0v) is 20.3. The molecule has 8 heteroatoms. The first-order valence-corrected chi connectivity index (χ1v) is 11.4. The lowest BCUT2D eigenvalue weighted by atomic mass is 9.88. The minimum Gasteiger partial charge on any atom is -0.363 e. The molecular formula is C25H24Cl2FN3O2. The number of anilines is 1. The number of imide groups is 1. The molecule has 0 radical (unpaired) electrons. The fourth-order valence-electron chi connectivity index (χ4n) is 4.49. The van der Waals surface area contributed by atoms with E-state index in [4.69, 9.17) is 23.2 Å². The average molecular weight is 488 g/mol. The number of fused-ring (bicyclic) bond motifs is 1. The van der Waals surface area contributed by atoms with Crippen molar-refractivity contribution in [2.75, 3.05) is 11.4 Å². The Morgan fingerprint density at radius 3 is 2.55 bits per heavy atom. The molecule has 2 aromatic carbocycles. The summed E-state index contributed by atoms with van der Waals surface area (Å²) in [6, 6.07) is 7.47. The first-order chi connectivity index (χ1) is 15.5. The van der Waals surface area contributed by atoms with Crippen molar-refractivity contribution in [1.82, 2.24) is 10.2 Å². The number of nitrogens with zero attached hydrogens (tertiary/aromatic N) is 2. The fraction of sp³-hybridized carbons (Fsp3) is 0.280. The Morgan fingerprint density at radius 2 is 1.88 bits per heavy atom. The largest absolute Gasteiger partial charge is 0.363 e. The number of benzene rings is 2. The summed E-state index contributed by atoms with van der Waals surface area (Å²) in [5.74, 6) is -1.02. The molecule has 0 aliphatic carbocycles. The molecule has 5 nitrogen and oxygen atoms in total. The molecule has 0 atom stereocenters. The zero-order chi connectivity index (χ0) is 24.1. The van der Waals surface area contributed by atoms with Crippen LogP contribution >= 0.6 is 23.2 Å². The van der Waals surface area contributed by atoms with E-state index in [1.807, 2.05) is 13.8 Å². The second-order valence-electron chi connectivity index (χ2n) is 8.73. The van der Waals surface area contributed by atoms with Crippen molar-refractivity contribution in [3.8, 4) is 0 Å². The number of hydrogen-bond donors (Lipinski definition) is 1. The predicted molar refractivity (Wildman–Crippen MR) is 131 cm³/mol. The Hall–Kier alpha value is -2.83. The van der Waals surface area contributed by atoms with Crippen molar-refractivity contribution in [2.24, 2.45) is 0 Å². The van der Waals surface area contributed by atoms with Crippen LogP contribution in [0, 0.1) is 5.82 Å². The number of rotatable bonds is 4. The van der Waals surface area contributed by atoms with Gasteiger partial charge in [-0.25, -0.2) is 9.18 Å². The van der Waals surface area contributed by atoms with Crippen LogP contribution in [-0.4, -0.2) is 28.9 Å². The number of carbonyl (C=O) groups is 2. The minimum absolute atomic E-state index is 0.00838. The van der Waals surface area contributed by atoms with E-state index in [0.29, 0.717) is 15.6 Å². The summed E-state index contributed by atoms with van der Waals surface area (Å²) in [6.45, 7) is 8.90. The first kappa shape index (κ1) is 23.3. The topological polar surface area (TPSA) is 52.7 Å². The van der Waals surface area contributed by atoms with Gasteiger partial charge < -0.3 is 10.2 Å². The molecule has 0 saturated carbocycles. The van der Waals surface area contributed by atoms with Gasteiger partial charge in [-0.15, -0.1) is 0 Å². The maximum Gasteiger partial charge on any atom is 0.329 e. The van der Waals surface area contributed by atoms with Gasteiger partial charge in [0, 0.05) is 33.4 Å². The number of urea groups is 1. The minimum atomic E-state index is -0.592. The van der Waals surface area contributed by atoms with Crippen LogP contribution < -0.4 is 10.2 Å². The number of carbonyl (C=O) groups excluding carboxylic acids is 2. The van der Waals surface area contributed by atoms with Gasteiger partial charge in [0.25, 0.3) is 5.91 Å². The molecular weight excluding hydrogens is 464 g/mol. The predicted octanol–water partition coefficient (Wildman–Crippen LogP) is 6.25. The van der Waals surface area contributed by atoms with Gasteiger partial charge in [0.1, 0.15) is 11.5 Å². The summed E-state index contributed by atoms with van der Waals surface area (Å²) in [4.78, 5) is 28.5. The van der Waals surface area contributed by atoms with Gasteiger partial charge in [-0.2, -0.15) is 0 Å². The molecule has 33 heavy (non-hydrogen) atoms. The van der Waals surface area contributed by atoms with Crippen LogP contribution in [0.25, 0.3) is 11.6 Å². The maximum atomic E-state index is 15.1. The number of amides is 3. The van der Waals surface area contributed by atoms with E-state index >= 15 is 4.39 Å². The van der Waals surface area contributed by atoms with Crippen LogP contribution in [0.2, 0.25) is 10.0 Å². The second kappa shape index (κ2) is 8.50. The number of hydrogen-bond acceptors (Lipinski definition) is 3. The molecule has 3 amide bonds. The fourth-order valence-corrected chi connectivity index (χ4v) is 4.96. The molecule has 2 aliphatic heterocycles. The maximum absolute atomic E-state index is 15.1. The number of allylic oxidation sites excluding steroid dienone is 1. The average Bonchev–Trinajstić information content (AvgIpc) is 2.98. The summed E-state index contributed by atoms with van der Waals surface area (Å²) in [5.41, 5.74) is 3.31. The summed E-state index contributed by atoms with van der Waals surface area (Å²) < 4.78 is 15.1. The Balaban J connectivity index is 1.67. The molecule has 0 bridgehead atoms. The van der Waals surface area contributed by atoms with Gasteiger partial charge in [-0.05, 0) is 69.2 Å².